The van der Waals surface area contributed by atoms with Crippen LogP contribution >= 0.6 is 0 Å². The molecule has 264 valence electrons. The number of amides is 1. The van der Waals surface area contributed by atoms with E-state index in [1.807, 2.05) is 36.0 Å². The topological polar surface area (TPSA) is 93.8 Å². The van der Waals surface area contributed by atoms with E-state index in [1.54, 1.807) is 6.92 Å². The van der Waals surface area contributed by atoms with Gasteiger partial charge in [-0.2, -0.15) is 0 Å². The highest BCUT2D eigenvalue weighted by Gasteiger charge is 2.24. The van der Waals surface area contributed by atoms with Crippen LogP contribution in [0.5, 0.6) is 0 Å². The highest BCUT2D eigenvalue weighted by Crippen LogP contribution is 2.33. The number of rotatable bonds is 4. The average Bonchev–Trinajstić information content (AvgIpc) is 3.86. The lowest BCUT2D eigenvalue weighted by atomic mass is 10.0. The van der Waals surface area contributed by atoms with Gasteiger partial charge in [0.05, 0.1) is 12.7 Å². The lowest BCUT2D eigenvalue weighted by Gasteiger charge is -2.32. The van der Waals surface area contributed by atoms with Crippen LogP contribution in [0.2, 0.25) is 0 Å². The zero-order chi connectivity index (χ0) is 35.7. The van der Waals surface area contributed by atoms with Gasteiger partial charge in [0.15, 0.2) is 11.3 Å². The van der Waals surface area contributed by atoms with E-state index >= 15 is 0 Å². The number of pyridine rings is 2. The summed E-state index contributed by atoms with van der Waals surface area (Å²) in [6, 6.07) is 34.9. The SMILES string of the molecule is CC(=O)N1CCC(n2cnc3c(-c4ccc5ccccc5c4)ccnc32)CC1.c1ccc2cc(-c3ccnc4c3ncn4C3CCNCC3)ccc2c1. The summed E-state index contributed by atoms with van der Waals surface area (Å²) in [5, 5.41) is 8.40. The normalized spacial score (nSPS) is 15.6. The van der Waals surface area contributed by atoms with Crippen LogP contribution in [0.4, 0.5) is 0 Å². The fraction of sp³-hybridized carbons (Fsp3) is 0.250. The molecule has 9 heteroatoms. The van der Waals surface area contributed by atoms with Crippen molar-refractivity contribution in [1.82, 2.24) is 39.3 Å². The first kappa shape index (κ1) is 32.9. The Morgan fingerprint density at radius 3 is 1.55 bits per heavy atom. The lowest BCUT2D eigenvalue weighted by molar-refractivity contribution is -0.130. The van der Waals surface area contributed by atoms with Crippen molar-refractivity contribution in [3.8, 4) is 22.3 Å². The number of imidazole rings is 2. The van der Waals surface area contributed by atoms with Crippen molar-refractivity contribution in [3.63, 3.8) is 0 Å². The Morgan fingerprint density at radius 1 is 0.585 bits per heavy atom. The smallest absolute Gasteiger partial charge is 0.219 e. The summed E-state index contributed by atoms with van der Waals surface area (Å²) in [6.45, 7) is 5.36. The number of fused-ring (bicyclic) bond motifs is 4. The first-order valence-corrected chi connectivity index (χ1v) is 18.7. The summed E-state index contributed by atoms with van der Waals surface area (Å²) >= 11 is 0. The van der Waals surface area contributed by atoms with E-state index in [2.05, 4.69) is 115 Å². The van der Waals surface area contributed by atoms with Gasteiger partial charge in [-0.15, -0.1) is 0 Å². The Morgan fingerprint density at radius 2 is 1.06 bits per heavy atom. The van der Waals surface area contributed by atoms with Crippen LogP contribution in [0.3, 0.4) is 0 Å². The molecule has 0 radical (unpaired) electrons. The van der Waals surface area contributed by atoms with Crippen molar-refractivity contribution in [2.75, 3.05) is 26.2 Å². The molecule has 8 aromatic rings. The molecule has 2 aliphatic heterocycles. The Hall–Kier alpha value is -5.93. The van der Waals surface area contributed by atoms with Crippen LogP contribution in [0.1, 0.15) is 44.7 Å². The van der Waals surface area contributed by atoms with Gasteiger partial charge in [-0.25, -0.2) is 19.9 Å². The third kappa shape index (κ3) is 6.42. The Bertz CT molecular complexity index is 2570. The van der Waals surface area contributed by atoms with Crippen LogP contribution in [0.15, 0.2) is 122 Å². The van der Waals surface area contributed by atoms with Gasteiger partial charge in [0.1, 0.15) is 11.0 Å². The molecule has 2 aliphatic rings. The molecular weight excluding hydrogens is 657 g/mol. The van der Waals surface area contributed by atoms with Gasteiger partial charge in [-0.1, -0.05) is 72.8 Å². The van der Waals surface area contributed by atoms with Gasteiger partial charge in [0.25, 0.3) is 0 Å². The Balaban J connectivity index is 0.000000141. The minimum atomic E-state index is 0.158. The Kier molecular flexibility index (Phi) is 8.85. The molecule has 0 aliphatic carbocycles. The molecule has 0 bridgehead atoms. The number of nitrogens with zero attached hydrogens (tertiary/aromatic N) is 7. The maximum atomic E-state index is 11.6. The van der Waals surface area contributed by atoms with Crippen molar-refractivity contribution < 1.29 is 4.79 Å². The van der Waals surface area contributed by atoms with Gasteiger partial charge in [0, 0.05) is 55.6 Å². The molecule has 2 fully saturated rings. The quantitative estimate of drug-likeness (QED) is 0.198. The third-order valence-electron chi connectivity index (χ3n) is 11.0. The number of hydrogen-bond donors (Lipinski definition) is 1. The summed E-state index contributed by atoms with van der Waals surface area (Å²) in [4.78, 5) is 32.3. The highest BCUT2D eigenvalue weighted by atomic mass is 16.2. The predicted octanol–water partition coefficient (Wildman–Crippen LogP) is 8.61. The third-order valence-corrected chi connectivity index (χ3v) is 11.0. The number of carbonyl (C=O) groups excluding carboxylic acids is 1. The molecule has 4 aromatic heterocycles. The number of piperidine rings is 2. The van der Waals surface area contributed by atoms with Crippen molar-refractivity contribution in [3.05, 3.63) is 122 Å². The maximum Gasteiger partial charge on any atom is 0.219 e. The summed E-state index contributed by atoms with van der Waals surface area (Å²) in [7, 11) is 0. The molecule has 53 heavy (non-hydrogen) atoms. The molecule has 6 heterocycles. The van der Waals surface area contributed by atoms with E-state index in [0.717, 1.165) is 90.9 Å². The van der Waals surface area contributed by atoms with E-state index < -0.39 is 0 Å². The van der Waals surface area contributed by atoms with Gasteiger partial charge in [-0.3, -0.25) is 4.79 Å². The molecule has 0 atom stereocenters. The first-order chi connectivity index (χ1) is 26.1. The van der Waals surface area contributed by atoms with E-state index in [9.17, 15) is 4.79 Å². The summed E-state index contributed by atoms with van der Waals surface area (Å²) < 4.78 is 4.46. The first-order valence-electron chi connectivity index (χ1n) is 18.7. The molecule has 0 unspecified atom stereocenters. The monoisotopic (exact) mass is 698 g/mol. The minimum Gasteiger partial charge on any atom is -0.343 e. The largest absolute Gasteiger partial charge is 0.343 e. The van der Waals surface area contributed by atoms with Gasteiger partial charge in [-0.05, 0) is 95.7 Å². The molecule has 0 saturated carbocycles. The van der Waals surface area contributed by atoms with Gasteiger partial charge in [0.2, 0.25) is 5.91 Å². The van der Waals surface area contributed by atoms with Crippen molar-refractivity contribution in [1.29, 1.82) is 0 Å². The second kappa shape index (κ2) is 14.2. The number of aromatic nitrogens is 6. The summed E-state index contributed by atoms with van der Waals surface area (Å²) in [5.74, 6) is 0.158. The van der Waals surface area contributed by atoms with Crippen LogP contribution in [-0.2, 0) is 4.79 Å². The number of nitrogens with one attached hydrogen (secondary N) is 1. The predicted molar refractivity (Wildman–Crippen MR) is 213 cm³/mol. The van der Waals surface area contributed by atoms with Crippen LogP contribution < -0.4 is 5.32 Å². The molecule has 0 spiro atoms. The molecular formula is C44H42N8O. The van der Waals surface area contributed by atoms with Gasteiger partial charge >= 0.3 is 0 Å². The lowest BCUT2D eigenvalue weighted by Crippen LogP contribution is -2.37. The number of carbonyl (C=O) groups is 1. The standard InChI is InChI=1S/C23H22N4O.C21H20N4/c1-16(28)26-12-9-20(10-13-26)27-15-25-22-21(8-11-24-23(22)27)19-7-6-17-4-2-3-5-18(17)14-19;1-2-4-16-13-17(6-5-15(16)3-1)19-9-12-23-21-20(19)24-14-25(21)18-7-10-22-11-8-18/h2-8,11,14-15,20H,9-10,12-13H2,1H3;1-6,9,12-14,18,22H,7-8,10-11H2. The molecule has 9 nitrogen and oxygen atoms in total. The van der Waals surface area contributed by atoms with Crippen molar-refractivity contribution in [2.24, 2.45) is 0 Å². The van der Waals surface area contributed by atoms with E-state index in [-0.39, 0.29) is 5.91 Å². The van der Waals surface area contributed by atoms with E-state index in [1.165, 1.54) is 27.1 Å². The number of benzene rings is 4. The minimum absolute atomic E-state index is 0.158. The maximum absolute atomic E-state index is 11.6. The number of hydrogen-bond acceptors (Lipinski definition) is 6. The van der Waals surface area contributed by atoms with E-state index in [4.69, 9.17) is 9.97 Å². The van der Waals surface area contributed by atoms with Crippen LogP contribution in [-0.4, -0.2) is 66.1 Å². The molecule has 1 amide bonds. The molecule has 2 saturated heterocycles. The second-order valence-corrected chi connectivity index (χ2v) is 14.2. The number of likely N-dealkylation sites (tertiary alicyclic amines) is 1. The average molecular weight is 699 g/mol. The van der Waals surface area contributed by atoms with E-state index in [0.29, 0.717) is 12.1 Å². The summed E-state index contributed by atoms with van der Waals surface area (Å²) in [5.41, 5.74) is 8.47. The second-order valence-electron chi connectivity index (χ2n) is 14.2. The summed E-state index contributed by atoms with van der Waals surface area (Å²) in [6.07, 6.45) is 11.8. The molecule has 10 rings (SSSR count). The molecule has 4 aromatic carbocycles. The van der Waals surface area contributed by atoms with Crippen molar-refractivity contribution in [2.45, 2.75) is 44.7 Å². The fourth-order valence-electron chi connectivity index (χ4n) is 8.13. The highest BCUT2D eigenvalue weighted by molar-refractivity contribution is 5.95. The van der Waals surface area contributed by atoms with Crippen LogP contribution in [0, 0.1) is 0 Å². The Labute approximate surface area is 308 Å². The van der Waals surface area contributed by atoms with Gasteiger partial charge < -0.3 is 19.4 Å². The molecule has 1 N–H and O–H groups in total. The zero-order valence-corrected chi connectivity index (χ0v) is 29.9. The van der Waals surface area contributed by atoms with Crippen LogP contribution in [0.25, 0.3) is 66.1 Å². The van der Waals surface area contributed by atoms with Crippen molar-refractivity contribution >= 4 is 49.8 Å². The fourth-order valence-corrected chi connectivity index (χ4v) is 8.13. The zero-order valence-electron chi connectivity index (χ0n) is 29.9.